The number of anilines is 1. The fraction of sp³-hybridized carbons (Fsp3) is 0.533. The zero-order valence-electron chi connectivity index (χ0n) is 13.1. The molecule has 2 fully saturated rings. The maximum atomic E-state index is 13.6. The predicted molar refractivity (Wildman–Crippen MR) is 84.8 cm³/mol. The first-order valence-corrected chi connectivity index (χ1v) is 9.24. The van der Waals surface area contributed by atoms with Crippen LogP contribution >= 0.6 is 0 Å². The Morgan fingerprint density at radius 3 is 2.71 bits per heavy atom. The molecule has 0 radical (unpaired) electrons. The normalized spacial score (nSPS) is 32.3. The van der Waals surface area contributed by atoms with Gasteiger partial charge in [-0.05, 0) is 38.0 Å². The molecule has 0 saturated carbocycles. The van der Waals surface area contributed by atoms with Gasteiger partial charge in [-0.3, -0.25) is 4.31 Å². The van der Waals surface area contributed by atoms with Gasteiger partial charge in [0, 0.05) is 12.6 Å². The van der Waals surface area contributed by atoms with Crippen molar-refractivity contribution in [2.45, 2.75) is 37.5 Å². The lowest BCUT2D eigenvalue weighted by atomic mass is 9.79. The third kappa shape index (κ3) is 2.51. The predicted octanol–water partition coefficient (Wildman–Crippen LogP) is 1.24. The standard InChI is InChI=1S/C15H19FN2O5S/c1-10-8-15(5-6-17(10)14(20)21)13(19)9-24(22,23)18(15)12-4-2-3-11(16)7-12/h2-4,7,10,13,19H,5-6,8-9H2,1H3,(H,20,21). The Morgan fingerprint density at radius 1 is 1.42 bits per heavy atom. The number of piperidine rings is 1. The smallest absolute Gasteiger partial charge is 0.407 e. The first kappa shape index (κ1) is 17.0. The summed E-state index contributed by atoms with van der Waals surface area (Å²) in [5.74, 6) is -1.03. The summed E-state index contributed by atoms with van der Waals surface area (Å²) < 4.78 is 39.9. The van der Waals surface area contributed by atoms with E-state index in [1.54, 1.807) is 6.92 Å². The van der Waals surface area contributed by atoms with E-state index >= 15 is 0 Å². The highest BCUT2D eigenvalue weighted by Crippen LogP contribution is 2.45. The summed E-state index contributed by atoms with van der Waals surface area (Å²) in [6, 6.07) is 4.76. The Bertz CT molecular complexity index is 771. The maximum absolute atomic E-state index is 13.6. The summed E-state index contributed by atoms with van der Waals surface area (Å²) in [5.41, 5.74) is -1.000. The minimum atomic E-state index is -3.82. The van der Waals surface area contributed by atoms with Crippen molar-refractivity contribution in [1.82, 2.24) is 4.90 Å². The average Bonchev–Trinajstić information content (AvgIpc) is 2.64. The van der Waals surface area contributed by atoms with E-state index in [0.717, 1.165) is 10.4 Å². The van der Waals surface area contributed by atoms with Crippen LogP contribution < -0.4 is 4.31 Å². The summed E-state index contributed by atoms with van der Waals surface area (Å²) >= 11 is 0. The number of aliphatic hydroxyl groups excluding tert-OH is 1. The van der Waals surface area contributed by atoms with Crippen molar-refractivity contribution in [2.75, 3.05) is 16.6 Å². The lowest BCUT2D eigenvalue weighted by Gasteiger charge is -2.48. The molecule has 132 valence electrons. The fourth-order valence-corrected chi connectivity index (χ4v) is 6.03. The highest BCUT2D eigenvalue weighted by atomic mass is 32.2. The van der Waals surface area contributed by atoms with Gasteiger partial charge in [-0.25, -0.2) is 17.6 Å². The van der Waals surface area contributed by atoms with Gasteiger partial charge in [-0.15, -0.1) is 0 Å². The monoisotopic (exact) mass is 358 g/mol. The lowest BCUT2D eigenvalue weighted by molar-refractivity contribution is 0.0373. The van der Waals surface area contributed by atoms with Crippen molar-refractivity contribution >= 4 is 21.8 Å². The topological polar surface area (TPSA) is 98.1 Å². The van der Waals surface area contributed by atoms with Gasteiger partial charge in [0.25, 0.3) is 0 Å². The summed E-state index contributed by atoms with van der Waals surface area (Å²) in [6.07, 6.45) is -1.94. The number of hydrogen-bond donors (Lipinski definition) is 2. The third-order valence-corrected chi connectivity index (χ3v) is 6.79. The third-order valence-electron chi connectivity index (χ3n) is 4.93. The molecule has 2 aliphatic rings. The Labute approximate surface area is 139 Å². The molecule has 9 heteroatoms. The number of carboxylic acid groups (broad SMARTS) is 1. The Morgan fingerprint density at radius 2 is 2.12 bits per heavy atom. The van der Waals surface area contributed by atoms with E-state index in [9.17, 15) is 27.8 Å². The Balaban J connectivity index is 2.06. The molecule has 0 aliphatic carbocycles. The van der Waals surface area contributed by atoms with Crippen LogP contribution in [-0.2, 0) is 10.0 Å². The molecular formula is C15H19FN2O5S. The van der Waals surface area contributed by atoms with Crippen LogP contribution in [0.4, 0.5) is 14.9 Å². The number of carbonyl (C=O) groups is 1. The first-order valence-electron chi connectivity index (χ1n) is 7.64. The Kier molecular flexibility index (Phi) is 3.95. The maximum Gasteiger partial charge on any atom is 0.407 e. The van der Waals surface area contributed by atoms with Gasteiger partial charge < -0.3 is 15.1 Å². The zero-order chi connectivity index (χ0) is 17.7. The van der Waals surface area contributed by atoms with E-state index in [1.807, 2.05) is 0 Å². The highest BCUT2D eigenvalue weighted by molar-refractivity contribution is 7.93. The molecule has 1 aromatic carbocycles. The molecule has 2 saturated heterocycles. The average molecular weight is 358 g/mol. The molecule has 24 heavy (non-hydrogen) atoms. The molecule has 3 rings (SSSR count). The summed E-state index contributed by atoms with van der Waals surface area (Å²) in [5, 5.41) is 19.7. The molecule has 0 bridgehead atoms. The van der Waals surface area contributed by atoms with Gasteiger partial charge in [0.1, 0.15) is 5.82 Å². The minimum absolute atomic E-state index is 0.106. The van der Waals surface area contributed by atoms with E-state index in [1.165, 1.54) is 23.1 Å². The van der Waals surface area contributed by atoms with E-state index in [4.69, 9.17) is 0 Å². The van der Waals surface area contributed by atoms with Gasteiger partial charge in [0.2, 0.25) is 10.0 Å². The van der Waals surface area contributed by atoms with Crippen LogP contribution in [0.1, 0.15) is 19.8 Å². The van der Waals surface area contributed by atoms with E-state index in [0.29, 0.717) is 0 Å². The largest absolute Gasteiger partial charge is 0.465 e. The fourth-order valence-electron chi connectivity index (χ4n) is 3.89. The van der Waals surface area contributed by atoms with E-state index in [2.05, 4.69) is 0 Å². The van der Waals surface area contributed by atoms with Gasteiger partial charge in [0.05, 0.1) is 23.1 Å². The molecule has 3 unspecified atom stereocenters. The van der Waals surface area contributed by atoms with Gasteiger partial charge in [0.15, 0.2) is 0 Å². The van der Waals surface area contributed by atoms with Crippen molar-refractivity contribution < 1.29 is 27.8 Å². The molecule has 0 aromatic heterocycles. The molecule has 3 atom stereocenters. The lowest BCUT2D eigenvalue weighted by Crippen LogP contribution is -2.61. The number of benzene rings is 1. The summed E-state index contributed by atoms with van der Waals surface area (Å²) in [6.45, 7) is 1.78. The minimum Gasteiger partial charge on any atom is -0.465 e. The SMILES string of the molecule is CC1CC2(CCN1C(=O)O)C(O)CS(=O)(=O)N2c1cccc(F)c1. The van der Waals surface area contributed by atoms with Crippen molar-refractivity contribution in [3.05, 3.63) is 30.1 Å². The molecule has 2 heterocycles. The van der Waals surface area contributed by atoms with Crippen LogP contribution in [0, 0.1) is 5.82 Å². The number of rotatable bonds is 1. The molecule has 1 spiro atoms. The molecule has 1 aromatic rings. The number of halogens is 1. The second kappa shape index (κ2) is 5.59. The van der Waals surface area contributed by atoms with Crippen LogP contribution in [0.15, 0.2) is 24.3 Å². The van der Waals surface area contributed by atoms with Crippen molar-refractivity contribution in [1.29, 1.82) is 0 Å². The van der Waals surface area contributed by atoms with E-state index in [-0.39, 0.29) is 25.1 Å². The number of hydrogen-bond acceptors (Lipinski definition) is 4. The van der Waals surface area contributed by atoms with Crippen LogP contribution in [0.2, 0.25) is 0 Å². The second-order valence-corrected chi connectivity index (χ2v) is 8.28. The molecular weight excluding hydrogens is 339 g/mol. The van der Waals surface area contributed by atoms with Crippen molar-refractivity contribution in [3.8, 4) is 0 Å². The Hall–Kier alpha value is -1.87. The second-order valence-electron chi connectivity index (χ2n) is 6.42. The van der Waals surface area contributed by atoms with Gasteiger partial charge in [-0.2, -0.15) is 0 Å². The summed E-state index contributed by atoms with van der Waals surface area (Å²) in [7, 11) is -3.82. The van der Waals surface area contributed by atoms with Gasteiger partial charge in [-0.1, -0.05) is 6.07 Å². The zero-order valence-corrected chi connectivity index (χ0v) is 13.9. The number of sulfonamides is 1. The first-order chi connectivity index (χ1) is 11.2. The summed E-state index contributed by atoms with van der Waals surface area (Å²) in [4.78, 5) is 12.5. The number of aliphatic hydroxyl groups is 1. The van der Waals surface area contributed by atoms with Crippen molar-refractivity contribution in [3.63, 3.8) is 0 Å². The van der Waals surface area contributed by atoms with Crippen molar-refractivity contribution in [2.24, 2.45) is 0 Å². The molecule has 1 amide bonds. The molecule has 7 nitrogen and oxygen atoms in total. The van der Waals surface area contributed by atoms with Crippen LogP contribution in [-0.4, -0.2) is 59.6 Å². The number of likely N-dealkylation sites (tertiary alicyclic amines) is 1. The highest BCUT2D eigenvalue weighted by Gasteiger charge is 2.58. The number of amides is 1. The van der Waals surface area contributed by atoms with Crippen LogP contribution in [0.5, 0.6) is 0 Å². The van der Waals surface area contributed by atoms with Crippen LogP contribution in [0.3, 0.4) is 0 Å². The molecule has 2 aliphatic heterocycles. The van der Waals surface area contributed by atoms with E-state index < -0.39 is 45.4 Å². The van der Waals surface area contributed by atoms with Crippen LogP contribution in [0.25, 0.3) is 0 Å². The van der Waals surface area contributed by atoms with Gasteiger partial charge >= 0.3 is 6.09 Å². The molecule has 2 N–H and O–H groups in total. The number of nitrogens with zero attached hydrogens (tertiary/aromatic N) is 2. The quantitative estimate of drug-likeness (QED) is 0.787.